The smallest absolute Gasteiger partial charge is 0.353 e. The lowest BCUT2D eigenvalue weighted by Crippen LogP contribution is -2.28. The third-order valence-electron chi connectivity index (χ3n) is 2.82. The molecular formula is C16H28N6O9S3. The summed E-state index contributed by atoms with van der Waals surface area (Å²) in [6.07, 6.45) is 1.01. The monoisotopic (exact) mass is 544 g/mol. The molecule has 2 aromatic rings. The molecule has 0 fully saturated rings. The van der Waals surface area contributed by atoms with Crippen LogP contribution in [0.2, 0.25) is 0 Å². The van der Waals surface area contributed by atoms with E-state index in [0.29, 0.717) is 0 Å². The van der Waals surface area contributed by atoms with Crippen LogP contribution in [0.25, 0.3) is 0 Å². The molecule has 0 spiro atoms. The van der Waals surface area contributed by atoms with Crippen LogP contribution < -0.4 is 21.0 Å². The van der Waals surface area contributed by atoms with Crippen LogP contribution in [0.4, 0.5) is 17.6 Å². The molecule has 0 saturated carbocycles. The van der Waals surface area contributed by atoms with Crippen molar-refractivity contribution in [2.75, 3.05) is 30.0 Å². The molecule has 5 N–H and O–H groups in total. The molecule has 2 rings (SSSR count). The van der Waals surface area contributed by atoms with Crippen molar-refractivity contribution >= 4 is 48.3 Å². The van der Waals surface area contributed by atoms with Crippen LogP contribution in [0.1, 0.15) is 27.7 Å². The van der Waals surface area contributed by atoms with E-state index in [1.807, 2.05) is 27.7 Å². The molecule has 0 unspecified atom stereocenters. The molecule has 1 aromatic heterocycles. The van der Waals surface area contributed by atoms with Crippen LogP contribution in [0.3, 0.4) is 0 Å². The van der Waals surface area contributed by atoms with Crippen molar-refractivity contribution in [2.45, 2.75) is 32.6 Å². The first-order valence-electron chi connectivity index (χ1n) is 9.54. The third kappa shape index (κ3) is 16.7. The van der Waals surface area contributed by atoms with Gasteiger partial charge in [0.2, 0.25) is 21.9 Å². The zero-order chi connectivity index (χ0) is 26.9. The molecule has 0 bridgehead atoms. The Labute approximate surface area is 199 Å². The van der Waals surface area contributed by atoms with Gasteiger partial charge in [0.1, 0.15) is 0 Å². The lowest BCUT2D eigenvalue weighted by Gasteiger charge is -2.09. The molecule has 34 heavy (non-hydrogen) atoms. The molecule has 0 atom stereocenters. The molecule has 0 radical (unpaired) electrons. The van der Waals surface area contributed by atoms with Gasteiger partial charge in [0.05, 0.1) is 11.2 Å². The predicted molar refractivity (Wildman–Crippen MR) is 126 cm³/mol. The molecule has 15 nitrogen and oxygen atoms in total. The summed E-state index contributed by atoms with van der Waals surface area (Å²) in [5.74, 6) is -0.0893. The molecular weight excluding hydrogens is 516 g/mol. The summed E-state index contributed by atoms with van der Waals surface area (Å²) < 4.78 is 80.8. The molecule has 0 aliphatic heterocycles. The van der Waals surface area contributed by atoms with Crippen molar-refractivity contribution < 1.29 is 34.0 Å². The third-order valence-corrected chi connectivity index (χ3v) is 4.40. The minimum atomic E-state index is -4.37. The largest absolute Gasteiger partial charge is 0.425 e. The fourth-order valence-electron chi connectivity index (χ4n) is 1.80. The number of nitrogens with zero attached hydrogens (tertiary/aromatic N) is 2. The number of hydrogen-bond donors (Lipinski definition) is 5. The first-order chi connectivity index (χ1) is 15.8. The molecule has 0 aliphatic carbocycles. The Bertz CT molecular complexity index is 1260. The highest BCUT2D eigenvalue weighted by atomic mass is 32.2. The molecule has 0 aliphatic rings. The van der Waals surface area contributed by atoms with Gasteiger partial charge >= 0.3 is 16.3 Å². The number of anilines is 3. The van der Waals surface area contributed by atoms with Crippen LogP contribution in [-0.4, -0.2) is 68.3 Å². The minimum absolute atomic E-state index is 0.0314. The molecule has 1 heterocycles. The summed E-state index contributed by atoms with van der Waals surface area (Å²) in [7, 11) is -10.8. The van der Waals surface area contributed by atoms with E-state index in [0.717, 1.165) is 12.3 Å². The highest BCUT2D eigenvalue weighted by Gasteiger charge is 2.10. The van der Waals surface area contributed by atoms with Crippen LogP contribution in [0.5, 0.6) is 0 Å². The number of hydrogen-bond acceptors (Lipinski definition) is 12. The maximum absolute atomic E-state index is 11.6. The van der Waals surface area contributed by atoms with E-state index in [1.54, 1.807) is 0 Å². The highest BCUT2D eigenvalue weighted by molar-refractivity contribution is 7.88. The van der Waals surface area contributed by atoms with Gasteiger partial charge in [0.15, 0.2) is 0 Å². The van der Waals surface area contributed by atoms with Crippen molar-refractivity contribution in [3.8, 4) is 0 Å². The van der Waals surface area contributed by atoms with Crippen molar-refractivity contribution in [1.82, 2.24) is 19.7 Å². The van der Waals surface area contributed by atoms with Gasteiger partial charge in [-0.15, -0.1) is 12.6 Å². The van der Waals surface area contributed by atoms with Crippen LogP contribution in [0.15, 0.2) is 34.0 Å². The lowest BCUT2D eigenvalue weighted by atomic mass is 10.3. The summed E-state index contributed by atoms with van der Waals surface area (Å²) in [6, 6.07) is 5.24. The maximum Gasteiger partial charge on any atom is 0.425 e. The number of H-pyrrole nitrogens is 1. The quantitative estimate of drug-likeness (QED) is 0.220. The fraction of sp³-hybridized carbons (Fsp3) is 0.438. The van der Waals surface area contributed by atoms with Gasteiger partial charge in [-0.2, -0.15) is 18.4 Å². The second kappa shape index (κ2) is 16.6. The average Bonchev–Trinajstić information content (AvgIpc) is 2.72. The summed E-state index contributed by atoms with van der Waals surface area (Å²) in [5, 5.41) is 5.35. The van der Waals surface area contributed by atoms with E-state index >= 15 is 0 Å². The number of sulfonamides is 1. The van der Waals surface area contributed by atoms with Gasteiger partial charge in [0.25, 0.3) is 10.1 Å². The highest BCUT2D eigenvalue weighted by Crippen LogP contribution is 2.17. The van der Waals surface area contributed by atoms with Gasteiger partial charge in [-0.25, -0.2) is 17.9 Å². The molecule has 0 saturated heterocycles. The summed E-state index contributed by atoms with van der Waals surface area (Å²) in [4.78, 5) is 21.1. The van der Waals surface area contributed by atoms with Crippen molar-refractivity contribution in [3.05, 3.63) is 34.7 Å². The first-order valence-corrected chi connectivity index (χ1v) is 13.9. The van der Waals surface area contributed by atoms with Gasteiger partial charge in [-0.1, -0.05) is 33.8 Å². The van der Waals surface area contributed by atoms with E-state index in [-0.39, 0.29) is 35.6 Å². The number of rotatable bonds is 8. The number of benzene rings is 1. The Hall–Kier alpha value is -2.93. The van der Waals surface area contributed by atoms with Gasteiger partial charge < -0.3 is 10.6 Å². The zero-order valence-electron chi connectivity index (χ0n) is 19.1. The van der Waals surface area contributed by atoms with Crippen LogP contribution >= 0.6 is 0 Å². The van der Waals surface area contributed by atoms with Gasteiger partial charge in [-0.05, 0) is 18.2 Å². The molecule has 0 amide bonds. The van der Waals surface area contributed by atoms with Crippen LogP contribution in [0, 0.1) is 0 Å². The van der Waals surface area contributed by atoms with E-state index in [4.69, 9.17) is 17.2 Å². The Balaban J connectivity index is 0. The van der Waals surface area contributed by atoms with E-state index in [9.17, 15) is 21.6 Å². The van der Waals surface area contributed by atoms with Crippen molar-refractivity contribution in [3.63, 3.8) is 0 Å². The Morgan fingerprint density at radius 1 is 1.00 bits per heavy atom. The first kappa shape index (κ1) is 33.2. The second-order valence-electron chi connectivity index (χ2n) is 5.25. The maximum atomic E-state index is 11.6. The zero-order valence-corrected chi connectivity index (χ0v) is 21.5. The molecule has 194 valence electrons. The lowest BCUT2D eigenvalue weighted by molar-refractivity contribution is 0.483. The normalized spacial score (nSPS) is 10.2. The topological polar surface area (TPSA) is 234 Å². The number of aromatic nitrogens is 3. The van der Waals surface area contributed by atoms with E-state index < -0.39 is 36.4 Å². The minimum Gasteiger partial charge on any atom is -0.353 e. The summed E-state index contributed by atoms with van der Waals surface area (Å²) >= 11 is 0. The second-order valence-corrected chi connectivity index (χ2v) is 8.91. The summed E-state index contributed by atoms with van der Waals surface area (Å²) in [6.45, 7) is 8.20. The molecule has 18 heteroatoms. The van der Waals surface area contributed by atoms with Crippen molar-refractivity contribution in [1.29, 1.82) is 0 Å². The number of nitrogens with one attached hydrogen (secondary N) is 4. The van der Waals surface area contributed by atoms with E-state index in [1.165, 1.54) is 18.2 Å². The van der Waals surface area contributed by atoms with E-state index in [2.05, 4.69) is 30.3 Å². The Kier molecular flexibility index (Phi) is 16.3. The molecule has 1 aromatic carbocycles. The fourth-order valence-corrected chi connectivity index (χ4v) is 2.80. The Morgan fingerprint density at radius 2 is 1.56 bits per heavy atom. The SMILES string of the molecule is CC.CC.CS(=O)(=O)NCCNc1nc(Nc2cccc(S(=O)(=O)O)c2)[nH]c(=O)n1.O=S(=O)=O. The van der Waals surface area contributed by atoms with Crippen LogP contribution in [-0.2, 0) is 30.8 Å². The Morgan fingerprint density at radius 3 is 2.06 bits per heavy atom. The van der Waals surface area contributed by atoms with Crippen molar-refractivity contribution in [2.24, 2.45) is 0 Å². The summed E-state index contributed by atoms with van der Waals surface area (Å²) in [5.41, 5.74) is -0.480. The number of aromatic amines is 1. The predicted octanol–water partition coefficient (Wildman–Crippen LogP) is 0.165. The standard InChI is InChI=1S/C12H16N6O6S2.2C2H6.O3S/c1-25(20,21)14-6-5-13-10-16-11(18-12(19)17-10)15-8-3-2-4-9(7-8)26(22,23)24;2*1-2;1-4(2)3/h2-4,7,14H,5-6H2,1H3,(H,22,23,24)(H3,13,15,16,17,18,19);2*1-2H3;. The van der Waals surface area contributed by atoms with Gasteiger partial charge in [-0.3, -0.25) is 9.54 Å². The van der Waals surface area contributed by atoms with Gasteiger partial charge in [0, 0.05) is 18.8 Å². The average molecular weight is 545 g/mol.